The molecule has 5 N–H and O–H groups in total. The summed E-state index contributed by atoms with van der Waals surface area (Å²) in [6.45, 7) is 7.88. The van der Waals surface area contributed by atoms with Gasteiger partial charge in [0.05, 0.1) is 43.7 Å². The third kappa shape index (κ3) is 8.42. The molecule has 3 unspecified atom stereocenters. The number of ether oxygens (including phenoxy) is 2. The zero-order valence-electron chi connectivity index (χ0n) is 26.1. The molecule has 3 amide bonds. The number of carboxylic acids is 1. The highest BCUT2D eigenvalue weighted by Gasteiger charge is 2.38. The molecular weight excluding hydrogens is 582 g/mol. The number of carbonyl (C=O) groups excluding carboxylic acids is 3. The van der Waals surface area contributed by atoms with E-state index in [1.807, 2.05) is 37.3 Å². The quantitative estimate of drug-likeness (QED) is 0.260. The number of hydrogen-bond acceptors (Lipinski definition) is 9. The zero-order chi connectivity index (χ0) is 32.7. The Morgan fingerprint density at radius 3 is 2.42 bits per heavy atom. The van der Waals surface area contributed by atoms with Crippen molar-refractivity contribution in [3.05, 3.63) is 47.7 Å². The number of aliphatic carboxylic acids is 1. The third-order valence-corrected chi connectivity index (χ3v) is 8.05. The molecule has 13 nitrogen and oxygen atoms in total. The number of rotatable bonds is 10. The second-order valence-corrected chi connectivity index (χ2v) is 12.1. The van der Waals surface area contributed by atoms with Crippen molar-refractivity contribution in [1.29, 1.82) is 0 Å². The van der Waals surface area contributed by atoms with Crippen molar-refractivity contribution in [3.63, 3.8) is 0 Å². The number of carboxylic acid groups (broad SMARTS) is 1. The second kappa shape index (κ2) is 14.9. The van der Waals surface area contributed by atoms with E-state index in [2.05, 4.69) is 16.1 Å². The monoisotopic (exact) mass is 625 g/mol. The predicted octanol–water partition coefficient (Wildman–Crippen LogP) is 1.56. The minimum atomic E-state index is -1.28. The molecule has 0 saturated carbocycles. The lowest BCUT2D eigenvalue weighted by atomic mass is 9.89. The molecule has 2 fully saturated rings. The van der Waals surface area contributed by atoms with E-state index in [4.69, 9.17) is 14.5 Å². The molecule has 13 heteroatoms. The van der Waals surface area contributed by atoms with Crippen LogP contribution in [0.5, 0.6) is 0 Å². The van der Waals surface area contributed by atoms with Crippen LogP contribution in [0.25, 0.3) is 17.0 Å². The summed E-state index contributed by atoms with van der Waals surface area (Å²) in [6.07, 6.45) is 3.22. The van der Waals surface area contributed by atoms with Crippen molar-refractivity contribution in [2.24, 2.45) is 11.3 Å². The summed E-state index contributed by atoms with van der Waals surface area (Å²) in [5.41, 5.74) is 3.77. The Bertz CT molecular complexity index is 1420. The van der Waals surface area contributed by atoms with E-state index in [0.29, 0.717) is 43.8 Å². The van der Waals surface area contributed by atoms with E-state index in [1.165, 1.54) is 11.9 Å². The summed E-state index contributed by atoms with van der Waals surface area (Å²) < 4.78 is 10.9. The van der Waals surface area contributed by atoms with Crippen LogP contribution in [0.1, 0.15) is 57.8 Å². The Morgan fingerprint density at radius 1 is 1.07 bits per heavy atom. The zero-order valence-corrected chi connectivity index (χ0v) is 26.1. The van der Waals surface area contributed by atoms with Crippen molar-refractivity contribution < 1.29 is 38.9 Å². The molecule has 1 aromatic heterocycles. The number of amides is 3. The van der Waals surface area contributed by atoms with Crippen molar-refractivity contribution >= 4 is 40.7 Å². The number of aliphatic hydroxyl groups is 1. The number of aliphatic hydroxyl groups excluding tert-OH is 1. The number of carbonyl (C=O) groups is 4. The highest BCUT2D eigenvalue weighted by atomic mass is 16.5. The molecule has 0 radical (unpaired) electrons. The number of nitrogens with zero attached hydrogens (tertiary/aromatic N) is 2. The Balaban J connectivity index is 1.39. The van der Waals surface area contributed by atoms with Crippen LogP contribution in [-0.2, 0) is 28.7 Å². The lowest BCUT2D eigenvalue weighted by Crippen LogP contribution is -2.61. The lowest BCUT2D eigenvalue weighted by Gasteiger charge is -2.35. The first-order valence-electron chi connectivity index (χ1n) is 15.3. The normalized spacial score (nSPS) is 20.8. The number of hydrazine groups is 1. The standard InChI is InChI=1S/C32H43N5O8/c1-19(2)27(38)29(40)34-21(4)30(41)37-13-5-6-25(36-37)28(39)33-20(3)24-10-9-23-8-7-22(16-26(23)35-24)11-12-32(31(42)43)17-44-14-15-45-18-32/h7-12,16,19-21,25,27,36,38H,5-6,13-15,17-18H2,1-4H3,(H,33,39)(H,34,40)(H,42,43)/t20-,21?,25?,27?/m1/s1. The van der Waals surface area contributed by atoms with Crippen molar-refractivity contribution in [2.75, 3.05) is 33.0 Å². The fourth-order valence-electron chi connectivity index (χ4n) is 5.13. The summed E-state index contributed by atoms with van der Waals surface area (Å²) in [4.78, 5) is 55.2. The van der Waals surface area contributed by atoms with E-state index in [-0.39, 0.29) is 25.0 Å². The van der Waals surface area contributed by atoms with Crippen molar-refractivity contribution in [2.45, 2.75) is 64.8 Å². The first kappa shape index (κ1) is 34.0. The highest BCUT2D eigenvalue weighted by Crippen LogP contribution is 2.26. The molecule has 1 aromatic carbocycles. The lowest BCUT2D eigenvalue weighted by molar-refractivity contribution is -0.150. The highest BCUT2D eigenvalue weighted by molar-refractivity contribution is 5.90. The molecule has 0 aliphatic carbocycles. The minimum Gasteiger partial charge on any atom is -0.480 e. The molecule has 4 atom stereocenters. The van der Waals surface area contributed by atoms with Gasteiger partial charge in [-0.1, -0.05) is 44.2 Å². The van der Waals surface area contributed by atoms with Crippen LogP contribution in [0.3, 0.4) is 0 Å². The molecule has 2 aliphatic rings. The van der Waals surface area contributed by atoms with Gasteiger partial charge in [0.15, 0.2) is 0 Å². The van der Waals surface area contributed by atoms with Gasteiger partial charge >= 0.3 is 5.97 Å². The maximum Gasteiger partial charge on any atom is 0.318 e. The summed E-state index contributed by atoms with van der Waals surface area (Å²) in [5.74, 6) is -2.63. The van der Waals surface area contributed by atoms with E-state index in [1.54, 1.807) is 26.0 Å². The van der Waals surface area contributed by atoms with Gasteiger partial charge in [-0.2, -0.15) is 0 Å². The van der Waals surface area contributed by atoms with Crippen LogP contribution in [0.2, 0.25) is 0 Å². The van der Waals surface area contributed by atoms with Gasteiger partial charge in [-0.15, -0.1) is 0 Å². The molecule has 2 aromatic rings. The van der Waals surface area contributed by atoms with Gasteiger partial charge in [-0.05, 0) is 50.3 Å². The van der Waals surface area contributed by atoms with Gasteiger partial charge < -0.3 is 30.3 Å². The maximum atomic E-state index is 13.2. The second-order valence-electron chi connectivity index (χ2n) is 12.1. The Morgan fingerprint density at radius 2 is 1.76 bits per heavy atom. The Hall–Kier alpha value is -3.91. The number of nitrogens with one attached hydrogen (secondary N) is 3. The van der Waals surface area contributed by atoms with Crippen LogP contribution >= 0.6 is 0 Å². The number of benzene rings is 1. The molecule has 0 spiro atoms. The average Bonchev–Trinajstić information content (AvgIpc) is 3.29. The summed E-state index contributed by atoms with van der Waals surface area (Å²) >= 11 is 0. The van der Waals surface area contributed by atoms with Crippen LogP contribution in [0, 0.1) is 11.3 Å². The summed E-state index contributed by atoms with van der Waals surface area (Å²) in [6, 6.07) is 7.37. The SMILES string of the molecule is CC(NC(=O)C(O)C(C)C)C(=O)N1CCCC(C(=O)N[C@H](C)c2ccc3ccc(C=CC4(C(=O)O)COCCOC4)cc3n2)N1. The fourth-order valence-corrected chi connectivity index (χ4v) is 5.13. The molecule has 244 valence electrons. The van der Waals surface area contributed by atoms with Gasteiger partial charge in [-0.3, -0.25) is 29.2 Å². The van der Waals surface area contributed by atoms with E-state index in [0.717, 1.165) is 10.9 Å². The number of fused-ring (bicyclic) bond motifs is 1. The molecule has 2 aliphatic heterocycles. The van der Waals surface area contributed by atoms with Crippen molar-refractivity contribution in [3.8, 4) is 0 Å². The molecule has 2 saturated heterocycles. The van der Waals surface area contributed by atoms with E-state index >= 15 is 0 Å². The van der Waals surface area contributed by atoms with Gasteiger partial charge in [-0.25, -0.2) is 5.43 Å². The van der Waals surface area contributed by atoms with Gasteiger partial charge in [0.25, 0.3) is 5.91 Å². The first-order valence-corrected chi connectivity index (χ1v) is 15.3. The van der Waals surface area contributed by atoms with Crippen LogP contribution in [0.15, 0.2) is 36.4 Å². The fraction of sp³-hybridized carbons (Fsp3) is 0.531. The van der Waals surface area contributed by atoms with E-state index < -0.39 is 47.4 Å². The summed E-state index contributed by atoms with van der Waals surface area (Å²) in [7, 11) is 0. The minimum absolute atomic E-state index is 0.0197. The van der Waals surface area contributed by atoms with Crippen molar-refractivity contribution in [1.82, 2.24) is 26.1 Å². The molecule has 0 bridgehead atoms. The third-order valence-electron chi connectivity index (χ3n) is 8.05. The first-order chi connectivity index (χ1) is 21.4. The Kier molecular flexibility index (Phi) is 11.3. The largest absolute Gasteiger partial charge is 0.480 e. The summed E-state index contributed by atoms with van der Waals surface area (Å²) in [5, 5.41) is 27.6. The number of pyridine rings is 1. The van der Waals surface area contributed by atoms with Crippen LogP contribution in [0.4, 0.5) is 0 Å². The maximum absolute atomic E-state index is 13.2. The van der Waals surface area contributed by atoms with Gasteiger partial charge in [0.1, 0.15) is 23.6 Å². The van der Waals surface area contributed by atoms with E-state index in [9.17, 15) is 29.4 Å². The number of hydrogen-bond donors (Lipinski definition) is 5. The predicted molar refractivity (Wildman–Crippen MR) is 165 cm³/mol. The van der Waals surface area contributed by atoms with Gasteiger partial charge in [0, 0.05) is 11.9 Å². The molecule has 3 heterocycles. The van der Waals surface area contributed by atoms with Crippen LogP contribution < -0.4 is 16.1 Å². The molecular formula is C32H43N5O8. The average molecular weight is 626 g/mol. The Labute approximate surface area is 262 Å². The number of aromatic nitrogens is 1. The molecule has 45 heavy (non-hydrogen) atoms. The molecule has 4 rings (SSSR count). The topological polar surface area (TPSA) is 179 Å². The van der Waals surface area contributed by atoms with Crippen LogP contribution in [-0.4, -0.2) is 95.1 Å². The smallest absolute Gasteiger partial charge is 0.318 e. The van der Waals surface area contributed by atoms with Gasteiger partial charge in [0.2, 0.25) is 11.8 Å².